The zero-order valence-corrected chi connectivity index (χ0v) is 18.0. The van der Waals surface area contributed by atoms with Crippen molar-refractivity contribution in [3.05, 3.63) is 32.7 Å². The van der Waals surface area contributed by atoms with Crippen molar-refractivity contribution in [2.45, 2.75) is 58.2 Å². The monoisotopic (exact) mass is 460 g/mol. The number of nitrogens with one attached hydrogen (secondary N) is 1. The van der Waals surface area contributed by atoms with E-state index < -0.39 is 5.60 Å². The Bertz CT molecular complexity index is 591. The summed E-state index contributed by atoms with van der Waals surface area (Å²) in [5.41, 5.74) is 0.837. The zero-order valence-electron chi connectivity index (χ0n) is 14.8. The third-order valence-corrected chi connectivity index (χ3v) is 6.10. The van der Waals surface area contributed by atoms with Gasteiger partial charge in [0.25, 0.3) is 0 Å². The van der Waals surface area contributed by atoms with E-state index in [4.69, 9.17) is 4.74 Å². The number of likely N-dealkylation sites (tertiary alicyclic amines) is 1. The van der Waals surface area contributed by atoms with Crippen LogP contribution < -0.4 is 5.32 Å². The first kappa shape index (κ1) is 19.7. The van der Waals surface area contributed by atoms with Crippen molar-refractivity contribution in [2.75, 3.05) is 13.1 Å². The van der Waals surface area contributed by atoms with Crippen LogP contribution in [0.15, 0.2) is 27.1 Å². The van der Waals surface area contributed by atoms with Crippen molar-refractivity contribution >= 4 is 38.0 Å². The van der Waals surface area contributed by atoms with E-state index >= 15 is 0 Å². The third kappa shape index (κ3) is 5.74. The van der Waals surface area contributed by atoms with E-state index in [9.17, 15) is 4.79 Å². The molecule has 1 aromatic carbocycles. The summed E-state index contributed by atoms with van der Waals surface area (Å²) in [6.45, 7) is 10.2. The SMILES string of the molecule is CC1(NCc2ccc(Br)c(Br)c2)CCN(C(=O)OC(C)(C)C)CC1. The number of carbonyl (C=O) groups excluding carboxylic acids is 1. The summed E-state index contributed by atoms with van der Waals surface area (Å²) in [6, 6.07) is 6.28. The molecule has 24 heavy (non-hydrogen) atoms. The molecule has 0 radical (unpaired) electrons. The van der Waals surface area contributed by atoms with Gasteiger partial charge >= 0.3 is 6.09 Å². The number of amides is 1. The van der Waals surface area contributed by atoms with Crippen LogP contribution >= 0.6 is 31.9 Å². The highest BCUT2D eigenvalue weighted by Crippen LogP contribution is 2.26. The maximum Gasteiger partial charge on any atom is 0.410 e. The molecule has 1 fully saturated rings. The largest absolute Gasteiger partial charge is 0.444 e. The summed E-state index contributed by atoms with van der Waals surface area (Å²) in [7, 11) is 0. The highest BCUT2D eigenvalue weighted by molar-refractivity contribution is 9.13. The first-order valence-corrected chi connectivity index (χ1v) is 9.83. The molecule has 134 valence electrons. The van der Waals surface area contributed by atoms with Crippen LogP contribution in [0.4, 0.5) is 4.79 Å². The Morgan fingerprint density at radius 3 is 2.42 bits per heavy atom. The lowest BCUT2D eigenvalue weighted by atomic mass is 9.89. The van der Waals surface area contributed by atoms with E-state index in [1.165, 1.54) is 5.56 Å². The second-order valence-electron chi connectivity index (χ2n) is 7.63. The van der Waals surface area contributed by atoms with Gasteiger partial charge < -0.3 is 15.0 Å². The van der Waals surface area contributed by atoms with Gasteiger partial charge in [-0.05, 0) is 90.1 Å². The fourth-order valence-corrected chi connectivity index (χ4v) is 3.32. The maximum atomic E-state index is 12.1. The van der Waals surface area contributed by atoms with Crippen LogP contribution in [-0.4, -0.2) is 35.2 Å². The van der Waals surface area contributed by atoms with Crippen LogP contribution in [0.2, 0.25) is 0 Å². The number of carbonyl (C=O) groups is 1. The van der Waals surface area contributed by atoms with Crippen LogP contribution in [0, 0.1) is 0 Å². The molecule has 0 spiro atoms. The summed E-state index contributed by atoms with van der Waals surface area (Å²) >= 11 is 7.03. The summed E-state index contributed by atoms with van der Waals surface area (Å²) < 4.78 is 7.58. The van der Waals surface area contributed by atoms with E-state index in [2.05, 4.69) is 62.3 Å². The topological polar surface area (TPSA) is 41.6 Å². The van der Waals surface area contributed by atoms with Crippen LogP contribution in [0.1, 0.15) is 46.1 Å². The Hall–Kier alpha value is -0.590. The lowest BCUT2D eigenvalue weighted by Gasteiger charge is -2.40. The van der Waals surface area contributed by atoms with Crippen LogP contribution in [0.5, 0.6) is 0 Å². The van der Waals surface area contributed by atoms with Crippen molar-refractivity contribution in [3.8, 4) is 0 Å². The van der Waals surface area contributed by atoms with Gasteiger partial charge in [-0.1, -0.05) is 6.07 Å². The van der Waals surface area contributed by atoms with Crippen molar-refractivity contribution < 1.29 is 9.53 Å². The fourth-order valence-electron chi connectivity index (χ4n) is 2.65. The minimum absolute atomic E-state index is 0.0397. The normalized spacial score (nSPS) is 17.7. The molecule has 0 aromatic heterocycles. The molecule has 1 heterocycles. The predicted octanol–water partition coefficient (Wildman–Crippen LogP) is 5.09. The number of hydrogen-bond acceptors (Lipinski definition) is 3. The van der Waals surface area contributed by atoms with Crippen molar-refractivity contribution in [3.63, 3.8) is 0 Å². The zero-order chi connectivity index (χ0) is 18.0. The lowest BCUT2D eigenvalue weighted by Crippen LogP contribution is -2.53. The molecule has 1 amide bonds. The van der Waals surface area contributed by atoms with E-state index in [-0.39, 0.29) is 11.6 Å². The minimum atomic E-state index is -0.439. The second-order valence-corrected chi connectivity index (χ2v) is 9.34. The molecule has 0 unspecified atom stereocenters. The average molecular weight is 462 g/mol. The Balaban J connectivity index is 1.85. The third-order valence-electron chi connectivity index (χ3n) is 4.22. The molecular weight excluding hydrogens is 436 g/mol. The van der Waals surface area contributed by atoms with Gasteiger partial charge in [-0.25, -0.2) is 4.79 Å². The molecule has 1 aromatic rings. The quantitative estimate of drug-likeness (QED) is 0.681. The molecule has 1 N–H and O–H groups in total. The Morgan fingerprint density at radius 2 is 1.88 bits per heavy atom. The predicted molar refractivity (Wildman–Crippen MR) is 104 cm³/mol. The van der Waals surface area contributed by atoms with Crippen molar-refractivity contribution in [1.82, 2.24) is 10.2 Å². The van der Waals surface area contributed by atoms with Crippen LogP contribution in [0.3, 0.4) is 0 Å². The van der Waals surface area contributed by atoms with Gasteiger partial charge in [0.15, 0.2) is 0 Å². The van der Waals surface area contributed by atoms with E-state index in [1.807, 2.05) is 25.7 Å². The molecule has 4 nitrogen and oxygen atoms in total. The van der Waals surface area contributed by atoms with Crippen LogP contribution in [-0.2, 0) is 11.3 Å². The molecule has 0 saturated carbocycles. The summed E-state index contributed by atoms with van der Waals surface area (Å²) in [5, 5.41) is 3.65. The van der Waals surface area contributed by atoms with Crippen molar-refractivity contribution in [2.24, 2.45) is 0 Å². The molecular formula is C18H26Br2N2O2. The highest BCUT2D eigenvalue weighted by Gasteiger charge is 2.33. The Labute approximate surface area is 161 Å². The summed E-state index contributed by atoms with van der Waals surface area (Å²) in [6.07, 6.45) is 1.63. The molecule has 2 rings (SSSR count). The number of halogens is 2. The molecule has 6 heteroatoms. The first-order valence-electron chi connectivity index (χ1n) is 8.25. The Morgan fingerprint density at radius 1 is 1.25 bits per heavy atom. The number of hydrogen-bond donors (Lipinski definition) is 1. The van der Waals surface area contributed by atoms with E-state index in [0.29, 0.717) is 0 Å². The average Bonchev–Trinajstić information content (AvgIpc) is 2.47. The van der Waals surface area contributed by atoms with Crippen molar-refractivity contribution in [1.29, 1.82) is 0 Å². The maximum absolute atomic E-state index is 12.1. The standard InChI is InChI=1S/C18H26Br2N2O2/c1-17(2,3)24-16(23)22-9-7-18(4,8-10-22)21-12-13-5-6-14(19)15(20)11-13/h5-6,11,21H,7-10,12H2,1-4H3. The minimum Gasteiger partial charge on any atom is -0.444 e. The molecule has 0 aliphatic carbocycles. The summed E-state index contributed by atoms with van der Waals surface area (Å²) in [5.74, 6) is 0. The highest BCUT2D eigenvalue weighted by atomic mass is 79.9. The van der Waals surface area contributed by atoms with Gasteiger partial charge in [-0.3, -0.25) is 0 Å². The van der Waals surface area contributed by atoms with Gasteiger partial charge in [0.05, 0.1) is 0 Å². The van der Waals surface area contributed by atoms with Gasteiger partial charge in [0.1, 0.15) is 5.60 Å². The van der Waals surface area contributed by atoms with Gasteiger partial charge in [0, 0.05) is 34.1 Å². The molecule has 1 saturated heterocycles. The lowest BCUT2D eigenvalue weighted by molar-refractivity contribution is 0.0157. The van der Waals surface area contributed by atoms with Gasteiger partial charge in [-0.15, -0.1) is 0 Å². The molecule has 0 atom stereocenters. The number of nitrogens with zero attached hydrogens (tertiary/aromatic N) is 1. The van der Waals surface area contributed by atoms with Crippen LogP contribution in [0.25, 0.3) is 0 Å². The molecule has 0 bridgehead atoms. The van der Waals surface area contributed by atoms with E-state index in [1.54, 1.807) is 0 Å². The van der Waals surface area contributed by atoms with Gasteiger partial charge in [-0.2, -0.15) is 0 Å². The molecule has 1 aliphatic rings. The number of rotatable bonds is 3. The Kier molecular flexibility index (Phi) is 6.37. The second kappa shape index (κ2) is 7.75. The van der Waals surface area contributed by atoms with Gasteiger partial charge in [0.2, 0.25) is 0 Å². The van der Waals surface area contributed by atoms with E-state index in [0.717, 1.165) is 41.4 Å². The number of piperidine rings is 1. The summed E-state index contributed by atoms with van der Waals surface area (Å²) in [4.78, 5) is 14.0. The number of benzene rings is 1. The smallest absolute Gasteiger partial charge is 0.410 e. The number of ether oxygens (including phenoxy) is 1. The fraction of sp³-hybridized carbons (Fsp3) is 0.611. The first-order chi connectivity index (χ1) is 11.1. The molecule has 1 aliphatic heterocycles.